The van der Waals surface area contributed by atoms with Crippen LogP contribution in [0.15, 0.2) is 71.6 Å². The highest BCUT2D eigenvalue weighted by atomic mass is 35.5. The van der Waals surface area contributed by atoms with Crippen LogP contribution in [0.1, 0.15) is 22.8 Å². The first kappa shape index (κ1) is 21.2. The fraction of sp³-hybridized carbons (Fsp3) is 0.0952. The van der Waals surface area contributed by atoms with Gasteiger partial charge in [-0.15, -0.1) is 0 Å². The zero-order valence-electron chi connectivity index (χ0n) is 15.4. The van der Waals surface area contributed by atoms with E-state index in [9.17, 15) is 13.2 Å². The molecule has 0 aromatic heterocycles. The van der Waals surface area contributed by atoms with Gasteiger partial charge in [-0.05, 0) is 43.3 Å². The molecule has 0 spiro atoms. The predicted octanol–water partition coefficient (Wildman–Crippen LogP) is 5.42. The summed E-state index contributed by atoms with van der Waals surface area (Å²) < 4.78 is 33.5. The minimum atomic E-state index is -4.00. The molecule has 0 aliphatic carbocycles. The maximum Gasteiger partial charge on any atom is 0.261 e. The van der Waals surface area contributed by atoms with E-state index in [1.807, 2.05) is 0 Å². The van der Waals surface area contributed by atoms with Gasteiger partial charge in [0.2, 0.25) is 0 Å². The maximum atomic E-state index is 12.9. The molecule has 5 nitrogen and oxygen atoms in total. The van der Waals surface area contributed by atoms with Gasteiger partial charge in [0.25, 0.3) is 10.0 Å². The van der Waals surface area contributed by atoms with Crippen molar-refractivity contribution in [1.82, 2.24) is 0 Å². The van der Waals surface area contributed by atoms with Crippen LogP contribution in [0.4, 0.5) is 5.69 Å². The molecule has 0 saturated carbocycles. The third-order valence-electron chi connectivity index (χ3n) is 4.02. The van der Waals surface area contributed by atoms with Gasteiger partial charge in [-0.2, -0.15) is 0 Å². The Morgan fingerprint density at radius 2 is 1.72 bits per heavy atom. The zero-order valence-corrected chi connectivity index (χ0v) is 17.7. The number of rotatable bonds is 7. The quantitative estimate of drug-likeness (QED) is 0.488. The Morgan fingerprint density at radius 3 is 2.38 bits per heavy atom. The lowest BCUT2D eigenvalue weighted by atomic mass is 10.0. The summed E-state index contributed by atoms with van der Waals surface area (Å²) in [6.45, 7) is 2.20. The monoisotopic (exact) mass is 449 g/mol. The molecule has 3 aromatic carbocycles. The summed E-state index contributed by atoms with van der Waals surface area (Å²) in [6, 6.07) is 17.1. The molecule has 3 rings (SSSR count). The lowest BCUT2D eigenvalue weighted by molar-refractivity contribution is 0.103. The second kappa shape index (κ2) is 8.86. The van der Waals surface area contributed by atoms with E-state index in [1.165, 1.54) is 36.4 Å². The molecule has 150 valence electrons. The minimum absolute atomic E-state index is 0.0565. The second-order valence-electron chi connectivity index (χ2n) is 6.02. The summed E-state index contributed by atoms with van der Waals surface area (Å²) >= 11 is 12.2. The van der Waals surface area contributed by atoms with Crippen LogP contribution in [-0.4, -0.2) is 20.8 Å². The SMILES string of the molecule is CCOc1ccc(S(=O)(=O)Nc2ccc(Cl)cc2C(=O)c2ccccc2)cc1Cl. The van der Waals surface area contributed by atoms with E-state index in [0.717, 1.165) is 0 Å². The van der Waals surface area contributed by atoms with Gasteiger partial charge < -0.3 is 4.74 Å². The standard InChI is InChI=1S/C21H17Cl2NO4S/c1-2-28-20-11-9-16(13-18(20)23)29(26,27)24-19-10-8-15(22)12-17(19)21(25)14-6-4-3-5-7-14/h3-13,24H,2H2,1H3. The molecule has 0 fully saturated rings. The van der Waals surface area contributed by atoms with Crippen LogP contribution < -0.4 is 9.46 Å². The summed E-state index contributed by atoms with van der Waals surface area (Å²) in [5, 5.41) is 0.489. The van der Waals surface area contributed by atoms with Crippen molar-refractivity contribution in [1.29, 1.82) is 0 Å². The van der Waals surface area contributed by atoms with Crippen molar-refractivity contribution in [2.24, 2.45) is 0 Å². The number of ether oxygens (including phenoxy) is 1. The third kappa shape index (κ3) is 4.90. The van der Waals surface area contributed by atoms with Gasteiger partial charge in [-0.25, -0.2) is 8.42 Å². The number of benzene rings is 3. The van der Waals surface area contributed by atoms with Crippen LogP contribution in [0.2, 0.25) is 10.0 Å². The average molecular weight is 450 g/mol. The molecule has 0 amide bonds. The highest BCUT2D eigenvalue weighted by Crippen LogP contribution is 2.30. The molecular formula is C21H17Cl2NO4S. The average Bonchev–Trinajstić information content (AvgIpc) is 2.71. The molecule has 0 radical (unpaired) electrons. The molecule has 0 aliphatic rings. The molecule has 1 N–H and O–H groups in total. The normalized spacial score (nSPS) is 11.1. The topological polar surface area (TPSA) is 72.5 Å². The molecule has 0 atom stereocenters. The molecule has 29 heavy (non-hydrogen) atoms. The minimum Gasteiger partial charge on any atom is -0.492 e. The van der Waals surface area contributed by atoms with E-state index in [1.54, 1.807) is 37.3 Å². The third-order valence-corrected chi connectivity index (χ3v) is 5.91. The highest BCUT2D eigenvalue weighted by molar-refractivity contribution is 7.92. The number of nitrogens with one attached hydrogen (secondary N) is 1. The Morgan fingerprint density at radius 1 is 1.00 bits per heavy atom. The largest absolute Gasteiger partial charge is 0.492 e. The van der Waals surface area contributed by atoms with Crippen LogP contribution in [0.3, 0.4) is 0 Å². The Balaban J connectivity index is 1.97. The number of carbonyl (C=O) groups is 1. The molecule has 0 aliphatic heterocycles. The summed E-state index contributed by atoms with van der Waals surface area (Å²) in [4.78, 5) is 12.8. The molecular weight excluding hydrogens is 433 g/mol. The molecule has 3 aromatic rings. The van der Waals surface area contributed by atoms with Gasteiger partial charge in [0.15, 0.2) is 5.78 Å². The van der Waals surface area contributed by atoms with Crippen molar-refractivity contribution in [3.05, 3.63) is 87.9 Å². The van der Waals surface area contributed by atoms with Crippen LogP contribution >= 0.6 is 23.2 Å². The summed E-state index contributed by atoms with van der Waals surface area (Å²) in [7, 11) is -4.00. The van der Waals surface area contributed by atoms with E-state index in [0.29, 0.717) is 22.9 Å². The smallest absolute Gasteiger partial charge is 0.261 e. The predicted molar refractivity (Wildman–Crippen MR) is 115 cm³/mol. The van der Waals surface area contributed by atoms with E-state index in [2.05, 4.69) is 4.72 Å². The van der Waals surface area contributed by atoms with E-state index >= 15 is 0 Å². The molecule has 0 bridgehead atoms. The van der Waals surface area contributed by atoms with Crippen molar-refractivity contribution in [3.63, 3.8) is 0 Å². The van der Waals surface area contributed by atoms with Gasteiger partial charge >= 0.3 is 0 Å². The van der Waals surface area contributed by atoms with Gasteiger partial charge in [-0.3, -0.25) is 9.52 Å². The number of halogens is 2. The number of sulfonamides is 1. The first-order valence-corrected chi connectivity index (χ1v) is 10.9. The molecule has 0 heterocycles. The van der Waals surface area contributed by atoms with E-state index < -0.39 is 10.0 Å². The fourth-order valence-electron chi connectivity index (χ4n) is 2.66. The highest BCUT2D eigenvalue weighted by Gasteiger charge is 2.21. The number of ketones is 1. The first-order valence-electron chi connectivity index (χ1n) is 8.66. The number of hydrogen-bond acceptors (Lipinski definition) is 4. The van der Waals surface area contributed by atoms with Crippen molar-refractivity contribution >= 4 is 44.7 Å². The van der Waals surface area contributed by atoms with Crippen molar-refractivity contribution in [2.75, 3.05) is 11.3 Å². The first-order chi connectivity index (χ1) is 13.8. The number of hydrogen-bond donors (Lipinski definition) is 1. The maximum absolute atomic E-state index is 12.9. The lowest BCUT2D eigenvalue weighted by Gasteiger charge is -2.14. The van der Waals surface area contributed by atoms with Gasteiger partial charge in [-0.1, -0.05) is 53.5 Å². The summed E-state index contributed by atoms with van der Waals surface area (Å²) in [5.74, 6) is 0.0371. The number of carbonyl (C=O) groups excluding carboxylic acids is 1. The molecule has 0 unspecified atom stereocenters. The Bertz CT molecular complexity index is 1150. The molecule has 0 saturated heterocycles. The molecule has 8 heteroatoms. The van der Waals surface area contributed by atoms with Crippen LogP contribution in [0, 0.1) is 0 Å². The van der Waals surface area contributed by atoms with Crippen LogP contribution in [0.5, 0.6) is 5.75 Å². The van der Waals surface area contributed by atoms with E-state index in [4.69, 9.17) is 27.9 Å². The van der Waals surface area contributed by atoms with Crippen LogP contribution in [-0.2, 0) is 10.0 Å². The van der Waals surface area contributed by atoms with Gasteiger partial charge in [0, 0.05) is 16.1 Å². The Kier molecular flexibility index (Phi) is 6.47. The second-order valence-corrected chi connectivity index (χ2v) is 8.54. The van der Waals surface area contributed by atoms with Crippen molar-refractivity contribution < 1.29 is 17.9 Å². The Labute approximate surface area is 179 Å². The van der Waals surface area contributed by atoms with Crippen LogP contribution in [0.25, 0.3) is 0 Å². The lowest BCUT2D eigenvalue weighted by Crippen LogP contribution is -2.16. The number of anilines is 1. The fourth-order valence-corrected chi connectivity index (χ4v) is 4.24. The zero-order chi connectivity index (χ0) is 21.0. The summed E-state index contributed by atoms with van der Waals surface area (Å²) in [5.41, 5.74) is 0.678. The Hall–Kier alpha value is -2.54. The van der Waals surface area contributed by atoms with E-state index in [-0.39, 0.29) is 27.0 Å². The van der Waals surface area contributed by atoms with Crippen molar-refractivity contribution in [3.8, 4) is 5.75 Å². The summed E-state index contributed by atoms with van der Waals surface area (Å²) in [6.07, 6.45) is 0. The van der Waals surface area contributed by atoms with Gasteiger partial charge in [0.1, 0.15) is 5.75 Å². The van der Waals surface area contributed by atoms with Crippen molar-refractivity contribution in [2.45, 2.75) is 11.8 Å². The van der Waals surface area contributed by atoms with Gasteiger partial charge in [0.05, 0.1) is 22.2 Å².